The number of para-hydroxylation sites is 1. The lowest BCUT2D eigenvalue weighted by molar-refractivity contribution is 0.260. The van der Waals surface area contributed by atoms with Gasteiger partial charge in [-0.05, 0) is 36.6 Å². The number of nitrogens with one attached hydrogen (secondary N) is 1. The first-order chi connectivity index (χ1) is 11.5. The molecule has 6 heteroatoms. The van der Waals surface area contributed by atoms with E-state index < -0.39 is 0 Å². The Morgan fingerprint density at radius 2 is 2.00 bits per heavy atom. The van der Waals surface area contributed by atoms with Gasteiger partial charge < -0.3 is 4.52 Å². The second-order valence-electron chi connectivity index (χ2n) is 5.99. The molecule has 24 heavy (non-hydrogen) atoms. The van der Waals surface area contributed by atoms with E-state index in [1.165, 1.54) is 4.31 Å². The van der Waals surface area contributed by atoms with Crippen molar-refractivity contribution in [3.63, 3.8) is 0 Å². The van der Waals surface area contributed by atoms with Gasteiger partial charge in [0, 0.05) is 0 Å². The molecule has 0 fully saturated rings. The van der Waals surface area contributed by atoms with E-state index in [4.69, 9.17) is 4.52 Å². The minimum absolute atomic E-state index is 0.277. The normalized spacial score (nSPS) is 11.0. The molecule has 2 amide bonds. The van der Waals surface area contributed by atoms with E-state index in [-0.39, 0.29) is 11.9 Å². The maximum Gasteiger partial charge on any atom is 0.337 e. The first-order valence-corrected chi connectivity index (χ1v) is 8.12. The molecule has 0 aliphatic rings. The van der Waals surface area contributed by atoms with Gasteiger partial charge in [0.15, 0.2) is 11.4 Å². The Hall–Kier alpha value is -2.47. The molecule has 1 N–H and O–H groups in total. The van der Waals surface area contributed by atoms with Crippen LogP contribution in [-0.4, -0.2) is 11.2 Å². The molecule has 5 nitrogen and oxygen atoms in total. The minimum Gasteiger partial charge on any atom is -0.354 e. The van der Waals surface area contributed by atoms with Gasteiger partial charge in [0.25, 0.3) is 0 Å². The van der Waals surface area contributed by atoms with Crippen LogP contribution in [0.4, 0.5) is 16.3 Å². The number of amides is 2. The first-order valence-electron chi connectivity index (χ1n) is 7.72. The predicted molar refractivity (Wildman–Crippen MR) is 99.8 cm³/mol. The zero-order valence-electron chi connectivity index (χ0n) is 13.8. The van der Waals surface area contributed by atoms with Crippen molar-refractivity contribution in [2.75, 3.05) is 9.62 Å². The second kappa shape index (κ2) is 6.57. The predicted octanol–water partition coefficient (Wildman–Crippen LogP) is 5.14. The minimum atomic E-state index is -0.386. The van der Waals surface area contributed by atoms with E-state index in [2.05, 4.69) is 37.1 Å². The molecule has 0 radical (unpaired) electrons. The van der Waals surface area contributed by atoms with Crippen molar-refractivity contribution in [1.82, 2.24) is 5.16 Å². The molecule has 0 saturated heterocycles. The maximum atomic E-state index is 12.6. The van der Waals surface area contributed by atoms with E-state index in [1.807, 2.05) is 49.4 Å². The summed E-state index contributed by atoms with van der Waals surface area (Å²) in [5.74, 6) is 0.666. The molecule has 0 bridgehead atoms. The van der Waals surface area contributed by atoms with Crippen LogP contribution in [0.3, 0.4) is 0 Å². The number of hydrogen-bond donors (Lipinski definition) is 2. The molecule has 0 unspecified atom stereocenters. The third kappa shape index (κ3) is 3.10. The fraction of sp³-hybridized carbons (Fsp3) is 0.222. The fourth-order valence-electron chi connectivity index (χ4n) is 2.57. The average Bonchev–Trinajstić information content (AvgIpc) is 2.96. The molecule has 2 aromatic carbocycles. The third-order valence-corrected chi connectivity index (χ3v) is 4.23. The van der Waals surface area contributed by atoms with Crippen LogP contribution < -0.4 is 9.62 Å². The first kappa shape index (κ1) is 16.4. The van der Waals surface area contributed by atoms with Crippen molar-refractivity contribution in [2.24, 2.45) is 0 Å². The van der Waals surface area contributed by atoms with Crippen LogP contribution in [0.1, 0.15) is 30.9 Å². The number of urea groups is 1. The number of benzene rings is 2. The number of anilines is 2. The molecule has 0 aliphatic heterocycles. The molecule has 1 heterocycles. The molecular formula is C18H19N3O2S. The van der Waals surface area contributed by atoms with E-state index in [1.54, 1.807) is 0 Å². The highest BCUT2D eigenvalue weighted by molar-refractivity contribution is 7.82. The number of aryl methyl sites for hydroxylation is 1. The van der Waals surface area contributed by atoms with E-state index in [9.17, 15) is 4.79 Å². The summed E-state index contributed by atoms with van der Waals surface area (Å²) in [5, 5.41) is 7.47. The van der Waals surface area contributed by atoms with Gasteiger partial charge >= 0.3 is 6.03 Å². The lowest BCUT2D eigenvalue weighted by Crippen LogP contribution is -2.27. The number of carbonyl (C=O) groups excluding carboxylic acids is 1. The highest BCUT2D eigenvalue weighted by Gasteiger charge is 2.19. The van der Waals surface area contributed by atoms with Crippen LogP contribution in [0, 0.1) is 6.92 Å². The van der Waals surface area contributed by atoms with Gasteiger partial charge in [0.1, 0.15) is 0 Å². The molecule has 0 spiro atoms. The van der Waals surface area contributed by atoms with E-state index in [0.717, 1.165) is 22.2 Å². The molecule has 3 rings (SSSR count). The zero-order valence-corrected chi connectivity index (χ0v) is 14.7. The van der Waals surface area contributed by atoms with Gasteiger partial charge in [-0.25, -0.2) is 9.10 Å². The Kier molecular flexibility index (Phi) is 4.49. The number of aromatic nitrogens is 1. The Balaban J connectivity index is 1.88. The van der Waals surface area contributed by atoms with Crippen molar-refractivity contribution in [2.45, 2.75) is 26.7 Å². The number of hydrogen-bond acceptors (Lipinski definition) is 4. The topological polar surface area (TPSA) is 58.4 Å². The number of rotatable bonds is 3. The summed E-state index contributed by atoms with van der Waals surface area (Å²) in [5.41, 5.74) is 3.49. The lowest BCUT2D eigenvalue weighted by atomic mass is 10.0. The highest BCUT2D eigenvalue weighted by atomic mass is 32.1. The molecule has 124 valence electrons. The van der Waals surface area contributed by atoms with Gasteiger partial charge in [-0.3, -0.25) is 5.32 Å². The number of thiol groups is 1. The van der Waals surface area contributed by atoms with Crippen LogP contribution in [0.2, 0.25) is 0 Å². The quantitative estimate of drug-likeness (QED) is 0.648. The Labute approximate surface area is 146 Å². The Morgan fingerprint density at radius 1 is 1.25 bits per heavy atom. The van der Waals surface area contributed by atoms with Crippen LogP contribution in [0.5, 0.6) is 0 Å². The van der Waals surface area contributed by atoms with Gasteiger partial charge in [-0.1, -0.05) is 61.6 Å². The molecule has 0 aliphatic carbocycles. The number of nitrogens with zero attached hydrogens (tertiary/aromatic N) is 2. The average molecular weight is 341 g/mol. The van der Waals surface area contributed by atoms with Crippen LogP contribution >= 0.6 is 12.8 Å². The molecule has 0 saturated carbocycles. The molecular weight excluding hydrogens is 322 g/mol. The molecule has 3 aromatic rings. The third-order valence-electron chi connectivity index (χ3n) is 3.83. The zero-order chi connectivity index (χ0) is 17.3. The van der Waals surface area contributed by atoms with Gasteiger partial charge in [0.2, 0.25) is 0 Å². The van der Waals surface area contributed by atoms with Crippen molar-refractivity contribution in [3.8, 4) is 0 Å². The van der Waals surface area contributed by atoms with Crippen LogP contribution in [-0.2, 0) is 0 Å². The van der Waals surface area contributed by atoms with Crippen molar-refractivity contribution in [3.05, 3.63) is 53.6 Å². The molecule has 0 atom stereocenters. The van der Waals surface area contributed by atoms with Crippen molar-refractivity contribution in [1.29, 1.82) is 0 Å². The summed E-state index contributed by atoms with van der Waals surface area (Å²) in [7, 11) is 0. The lowest BCUT2D eigenvalue weighted by Gasteiger charge is -2.20. The van der Waals surface area contributed by atoms with E-state index >= 15 is 0 Å². The number of fused-ring (bicyclic) bond motifs is 1. The summed E-state index contributed by atoms with van der Waals surface area (Å²) in [6.45, 7) is 6.13. The maximum absolute atomic E-state index is 12.6. The van der Waals surface area contributed by atoms with Gasteiger partial charge in [-0.2, -0.15) is 0 Å². The SMILES string of the molecule is Cc1ccc2onc(NC(=O)N(S)c3ccccc3C(C)C)c2c1. The second-order valence-corrected chi connectivity index (χ2v) is 6.39. The fourth-order valence-corrected chi connectivity index (χ4v) is 2.81. The van der Waals surface area contributed by atoms with E-state index in [0.29, 0.717) is 11.4 Å². The van der Waals surface area contributed by atoms with Crippen molar-refractivity contribution >= 4 is 41.3 Å². The Bertz CT molecular complexity index is 889. The van der Waals surface area contributed by atoms with Crippen molar-refractivity contribution < 1.29 is 9.32 Å². The summed E-state index contributed by atoms with van der Waals surface area (Å²) in [4.78, 5) is 12.6. The van der Waals surface area contributed by atoms with Gasteiger partial charge in [-0.15, -0.1) is 0 Å². The highest BCUT2D eigenvalue weighted by Crippen LogP contribution is 2.30. The monoisotopic (exact) mass is 341 g/mol. The summed E-state index contributed by atoms with van der Waals surface area (Å²) >= 11 is 4.37. The standard InChI is InChI=1S/C18H19N3O2S/c1-11(2)13-6-4-5-7-15(13)21(24)18(22)19-17-14-10-12(3)8-9-16(14)23-20-17/h4-11,24H,1-3H3,(H,19,20,22). The van der Waals surface area contributed by atoms with Crippen LogP contribution in [0.25, 0.3) is 11.0 Å². The largest absolute Gasteiger partial charge is 0.354 e. The molecule has 1 aromatic heterocycles. The summed E-state index contributed by atoms with van der Waals surface area (Å²) in [6, 6.07) is 13.0. The number of carbonyl (C=O) groups is 1. The van der Waals surface area contributed by atoms with Gasteiger partial charge in [0.05, 0.1) is 11.1 Å². The summed E-state index contributed by atoms with van der Waals surface area (Å²) in [6.07, 6.45) is 0. The smallest absolute Gasteiger partial charge is 0.337 e. The Morgan fingerprint density at radius 3 is 2.75 bits per heavy atom. The van der Waals surface area contributed by atoms with Crippen LogP contribution in [0.15, 0.2) is 47.0 Å². The summed E-state index contributed by atoms with van der Waals surface area (Å²) < 4.78 is 6.54.